The van der Waals surface area contributed by atoms with Crippen molar-refractivity contribution >= 4 is 22.5 Å². The van der Waals surface area contributed by atoms with Gasteiger partial charge in [-0.2, -0.15) is 0 Å². The molecule has 5 rings (SSSR count). The van der Waals surface area contributed by atoms with Crippen molar-refractivity contribution in [3.63, 3.8) is 0 Å². The number of hydrogen-bond donors (Lipinski definition) is 0. The monoisotopic (exact) mass is 282 g/mol. The minimum Gasteiger partial charge on any atom is -0.454 e. The summed E-state index contributed by atoms with van der Waals surface area (Å²) in [6.07, 6.45) is 0. The highest BCUT2D eigenvalue weighted by molar-refractivity contribution is 8.08. The summed E-state index contributed by atoms with van der Waals surface area (Å²) < 4.78 is 10.9. The Kier molecular flexibility index (Phi) is 1.96. The minimum atomic E-state index is 0.296. The van der Waals surface area contributed by atoms with Crippen molar-refractivity contribution in [3.8, 4) is 11.5 Å². The molecule has 0 atom stereocenters. The van der Waals surface area contributed by atoms with Crippen molar-refractivity contribution in [2.75, 3.05) is 18.4 Å². The third-order valence-corrected chi connectivity index (χ3v) is 4.91. The Hall–Kier alpha value is -2.14. The molecule has 0 spiro atoms. The molecule has 0 saturated carbocycles. The van der Waals surface area contributed by atoms with Gasteiger partial charge in [0.25, 0.3) is 0 Å². The summed E-state index contributed by atoms with van der Waals surface area (Å²) in [5, 5.41) is 3.34. The smallest absolute Gasteiger partial charge is 0.231 e. The molecule has 0 unspecified atom stereocenters. The molecule has 0 N–H and O–H groups in total. The van der Waals surface area contributed by atoms with Crippen LogP contribution in [0.2, 0.25) is 0 Å². The maximum absolute atomic E-state index is 5.49. The first-order chi connectivity index (χ1) is 9.90. The van der Waals surface area contributed by atoms with E-state index >= 15 is 0 Å². The van der Waals surface area contributed by atoms with E-state index < -0.39 is 0 Å². The van der Waals surface area contributed by atoms with Crippen LogP contribution in [0.25, 0.3) is 5.03 Å². The summed E-state index contributed by atoms with van der Waals surface area (Å²) in [6.45, 7) is 0.955. The van der Waals surface area contributed by atoms with E-state index in [9.17, 15) is 0 Å². The third kappa shape index (κ3) is 1.30. The average molecular weight is 282 g/mol. The number of para-hydroxylation sites is 1. The lowest BCUT2D eigenvalue weighted by Crippen LogP contribution is -2.37. The Morgan fingerprint density at radius 3 is 2.90 bits per heavy atom. The van der Waals surface area contributed by atoms with Crippen LogP contribution >= 0.6 is 11.8 Å². The van der Waals surface area contributed by atoms with Gasteiger partial charge in [-0.3, -0.25) is 4.99 Å². The Balaban J connectivity index is 1.81. The normalized spacial score (nSPS) is 17.4. The summed E-state index contributed by atoms with van der Waals surface area (Å²) in [4.78, 5) is 8.20. The molecule has 2 aromatic carbocycles. The molecule has 0 aromatic heterocycles. The number of thioether (sulfide) groups is 1. The number of rotatable bonds is 0. The summed E-state index contributed by atoms with van der Waals surface area (Å²) in [6, 6.07) is 12.5. The van der Waals surface area contributed by atoms with Crippen molar-refractivity contribution < 1.29 is 9.47 Å². The van der Waals surface area contributed by atoms with Gasteiger partial charge in [-0.1, -0.05) is 23.9 Å². The first kappa shape index (κ1) is 10.6. The molecule has 2 aromatic rings. The molecule has 98 valence electrons. The van der Waals surface area contributed by atoms with Crippen LogP contribution in [0.15, 0.2) is 46.3 Å². The van der Waals surface area contributed by atoms with Crippen molar-refractivity contribution in [2.24, 2.45) is 4.99 Å². The second-order valence-corrected chi connectivity index (χ2v) is 5.86. The van der Waals surface area contributed by atoms with E-state index in [1.54, 1.807) is 11.8 Å². The number of hydrogen-bond acceptors (Lipinski definition) is 5. The molecule has 0 amide bonds. The highest BCUT2D eigenvalue weighted by Crippen LogP contribution is 2.46. The second kappa shape index (κ2) is 3.70. The third-order valence-electron chi connectivity index (χ3n) is 3.71. The molecule has 20 heavy (non-hydrogen) atoms. The molecular formula is C15H10N2O2S. The number of ether oxygens (including phenoxy) is 2. The molecule has 3 aliphatic rings. The van der Waals surface area contributed by atoms with Gasteiger partial charge >= 0.3 is 0 Å². The van der Waals surface area contributed by atoms with Gasteiger partial charge in [0.15, 0.2) is 11.5 Å². The molecular weight excluding hydrogens is 272 g/mol. The Labute approximate surface area is 119 Å². The number of nitrogens with zero attached hydrogens (tertiary/aromatic N) is 2. The SMILES string of the molecule is c1ccc2c(c1)SC1=c3cc4c(cc3=NCN12)OCO4. The van der Waals surface area contributed by atoms with Gasteiger partial charge in [0.05, 0.1) is 16.1 Å². The van der Waals surface area contributed by atoms with E-state index in [1.807, 2.05) is 12.1 Å². The molecule has 0 fully saturated rings. The maximum Gasteiger partial charge on any atom is 0.231 e. The quantitative estimate of drug-likeness (QED) is 0.736. The van der Waals surface area contributed by atoms with Crippen LogP contribution in [0, 0.1) is 0 Å². The Morgan fingerprint density at radius 2 is 1.95 bits per heavy atom. The van der Waals surface area contributed by atoms with E-state index in [4.69, 9.17) is 9.47 Å². The van der Waals surface area contributed by atoms with Gasteiger partial charge in [0.1, 0.15) is 6.67 Å². The second-order valence-electron chi connectivity index (χ2n) is 4.83. The number of benzene rings is 2. The Bertz CT molecular complexity index is 863. The van der Waals surface area contributed by atoms with E-state index in [-0.39, 0.29) is 0 Å². The topological polar surface area (TPSA) is 34.1 Å². The van der Waals surface area contributed by atoms with Crippen molar-refractivity contribution in [2.45, 2.75) is 4.90 Å². The van der Waals surface area contributed by atoms with Crippen LogP contribution in [-0.2, 0) is 0 Å². The van der Waals surface area contributed by atoms with Crippen molar-refractivity contribution in [1.29, 1.82) is 0 Å². The Morgan fingerprint density at radius 1 is 1.10 bits per heavy atom. The molecule has 0 aliphatic carbocycles. The van der Waals surface area contributed by atoms with Gasteiger partial charge in [0.2, 0.25) is 6.79 Å². The zero-order valence-electron chi connectivity index (χ0n) is 10.5. The lowest BCUT2D eigenvalue weighted by molar-refractivity contribution is 0.174. The fourth-order valence-corrected chi connectivity index (χ4v) is 3.93. The van der Waals surface area contributed by atoms with Crippen molar-refractivity contribution in [3.05, 3.63) is 47.0 Å². The van der Waals surface area contributed by atoms with Gasteiger partial charge in [-0.15, -0.1) is 0 Å². The number of anilines is 1. The zero-order chi connectivity index (χ0) is 13.1. The predicted molar refractivity (Wildman–Crippen MR) is 76.4 cm³/mol. The van der Waals surface area contributed by atoms with Crippen LogP contribution in [0.5, 0.6) is 11.5 Å². The molecule has 3 heterocycles. The largest absolute Gasteiger partial charge is 0.454 e. The molecule has 0 saturated heterocycles. The van der Waals surface area contributed by atoms with Crippen LogP contribution in [0.1, 0.15) is 0 Å². The van der Waals surface area contributed by atoms with Gasteiger partial charge in [0, 0.05) is 16.2 Å². The summed E-state index contributed by atoms with van der Waals surface area (Å²) >= 11 is 1.79. The lowest BCUT2D eigenvalue weighted by atomic mass is 10.2. The van der Waals surface area contributed by atoms with E-state index in [2.05, 4.69) is 34.2 Å². The van der Waals surface area contributed by atoms with Crippen LogP contribution in [0.3, 0.4) is 0 Å². The fraction of sp³-hybridized carbons (Fsp3) is 0.133. The molecule has 0 bridgehead atoms. The summed E-state index contributed by atoms with van der Waals surface area (Å²) in [7, 11) is 0. The number of fused-ring (bicyclic) bond motifs is 5. The summed E-state index contributed by atoms with van der Waals surface area (Å²) in [5.41, 5.74) is 1.24. The van der Waals surface area contributed by atoms with Crippen molar-refractivity contribution in [1.82, 2.24) is 0 Å². The van der Waals surface area contributed by atoms with Crippen LogP contribution in [0.4, 0.5) is 5.69 Å². The minimum absolute atomic E-state index is 0.296. The maximum atomic E-state index is 5.49. The molecule has 3 aliphatic heterocycles. The van der Waals surface area contributed by atoms with Crippen LogP contribution in [-0.4, -0.2) is 13.5 Å². The molecule has 5 heteroatoms. The fourth-order valence-electron chi connectivity index (χ4n) is 2.76. The first-order valence-corrected chi connectivity index (χ1v) is 7.25. The summed E-state index contributed by atoms with van der Waals surface area (Å²) in [5.74, 6) is 1.60. The highest BCUT2D eigenvalue weighted by Gasteiger charge is 2.28. The molecule has 4 nitrogen and oxygen atoms in total. The van der Waals surface area contributed by atoms with E-state index in [0.29, 0.717) is 13.5 Å². The van der Waals surface area contributed by atoms with Crippen LogP contribution < -0.4 is 24.9 Å². The molecule has 0 radical (unpaired) electrons. The van der Waals surface area contributed by atoms with E-state index in [1.165, 1.54) is 15.6 Å². The predicted octanol–water partition coefficient (Wildman–Crippen LogP) is 1.68. The van der Waals surface area contributed by atoms with E-state index in [0.717, 1.165) is 22.1 Å². The lowest BCUT2D eigenvalue weighted by Gasteiger charge is -2.21. The van der Waals surface area contributed by atoms with Gasteiger partial charge in [-0.25, -0.2) is 0 Å². The van der Waals surface area contributed by atoms with Gasteiger partial charge in [-0.05, 0) is 18.2 Å². The zero-order valence-corrected chi connectivity index (χ0v) is 11.3. The average Bonchev–Trinajstić information content (AvgIpc) is 3.08. The standard InChI is InChI=1S/C15H10N2O2S/c1-2-4-14-11(3-1)17-7-16-10-6-13-12(18-8-19-13)5-9(10)15(17)20-14/h1-6H,7-8H2. The first-order valence-electron chi connectivity index (χ1n) is 6.43. The van der Waals surface area contributed by atoms with Gasteiger partial charge < -0.3 is 14.4 Å². The highest BCUT2D eigenvalue weighted by atomic mass is 32.2.